The van der Waals surface area contributed by atoms with Crippen molar-refractivity contribution in [1.29, 1.82) is 0 Å². The van der Waals surface area contributed by atoms with E-state index in [1.807, 2.05) is 0 Å². The summed E-state index contributed by atoms with van der Waals surface area (Å²) in [7, 11) is -9.92. The fourth-order valence-electron chi connectivity index (χ4n) is 1.32. The van der Waals surface area contributed by atoms with E-state index in [0.717, 1.165) is 4.57 Å². The van der Waals surface area contributed by atoms with E-state index in [9.17, 15) is 13.9 Å². The Morgan fingerprint density at radius 1 is 1.22 bits per heavy atom. The van der Waals surface area contributed by atoms with Crippen molar-refractivity contribution in [3.8, 4) is 0 Å². The van der Waals surface area contributed by atoms with Gasteiger partial charge < -0.3 is 19.6 Å². The van der Waals surface area contributed by atoms with Crippen LogP contribution in [-0.4, -0.2) is 31.3 Å². The lowest BCUT2D eigenvalue weighted by Crippen LogP contribution is -2.39. The summed E-state index contributed by atoms with van der Waals surface area (Å²) in [4.78, 5) is 46.3. The highest BCUT2D eigenvalue weighted by molar-refractivity contribution is 7.70. The van der Waals surface area contributed by atoms with Crippen molar-refractivity contribution < 1.29 is 38.1 Å². The second-order valence-electron chi connectivity index (χ2n) is 3.61. The Morgan fingerprint density at radius 2 is 1.78 bits per heavy atom. The largest absolute Gasteiger partial charge is 0.347 e. The van der Waals surface area contributed by atoms with Crippen LogP contribution in [0.1, 0.15) is 10.4 Å². The molecular weight excluding hydrogens is 284 g/mol. The highest BCUT2D eigenvalue weighted by Gasteiger charge is 2.46. The fraction of sp³-hybridized carbons (Fsp3) is 0.250. The van der Waals surface area contributed by atoms with Gasteiger partial charge in [0.2, 0.25) is 5.40 Å². The van der Waals surface area contributed by atoms with Gasteiger partial charge in [0.15, 0.2) is 25.2 Å². The van der Waals surface area contributed by atoms with Gasteiger partial charge in [0, 0.05) is 6.07 Å². The Labute approximate surface area is 102 Å². The van der Waals surface area contributed by atoms with Crippen molar-refractivity contribution in [2.24, 2.45) is 0 Å². The predicted molar refractivity (Wildman–Crippen MR) is 59.9 cm³/mol. The monoisotopic (exact) mass is 296 g/mol. The Kier molecular flexibility index (Phi) is 4.55. The molecule has 0 bridgehead atoms. The number of aldehydes is 1. The van der Waals surface area contributed by atoms with Crippen molar-refractivity contribution in [2.45, 2.75) is 11.9 Å². The molecule has 0 radical (unpaired) electrons. The SMILES string of the molecule is O=Cc1ccc[n+](CC(P(=O)(O)O)P(=O)(O)O)c1. The van der Waals surface area contributed by atoms with Gasteiger partial charge in [0.05, 0.1) is 5.56 Å². The van der Waals surface area contributed by atoms with Gasteiger partial charge in [-0.1, -0.05) is 0 Å². The van der Waals surface area contributed by atoms with Gasteiger partial charge in [-0.25, -0.2) is 4.57 Å². The highest BCUT2D eigenvalue weighted by atomic mass is 31.2. The first-order chi connectivity index (χ1) is 8.14. The molecule has 0 atom stereocenters. The average molecular weight is 296 g/mol. The van der Waals surface area contributed by atoms with E-state index in [1.165, 1.54) is 24.5 Å². The quantitative estimate of drug-likeness (QED) is 0.325. The molecule has 1 rings (SSSR count). The third kappa shape index (κ3) is 4.10. The molecule has 0 saturated heterocycles. The molecule has 1 aromatic rings. The van der Waals surface area contributed by atoms with Crippen LogP contribution >= 0.6 is 15.2 Å². The van der Waals surface area contributed by atoms with E-state index in [2.05, 4.69) is 0 Å². The summed E-state index contributed by atoms with van der Waals surface area (Å²) < 4.78 is 23.3. The topological polar surface area (TPSA) is 136 Å². The molecular formula is C8H12NO7P2+. The third-order valence-electron chi connectivity index (χ3n) is 2.17. The summed E-state index contributed by atoms with van der Waals surface area (Å²) in [6.45, 7) is -0.587. The second kappa shape index (κ2) is 5.40. The van der Waals surface area contributed by atoms with Crippen molar-refractivity contribution in [3.63, 3.8) is 0 Å². The number of nitrogens with zero attached hydrogens (tertiary/aromatic N) is 1. The van der Waals surface area contributed by atoms with Gasteiger partial charge in [-0.15, -0.1) is 0 Å². The van der Waals surface area contributed by atoms with Gasteiger partial charge >= 0.3 is 15.2 Å². The lowest BCUT2D eigenvalue weighted by atomic mass is 10.3. The van der Waals surface area contributed by atoms with E-state index < -0.39 is 27.1 Å². The zero-order valence-corrected chi connectivity index (χ0v) is 10.8. The minimum Gasteiger partial charge on any atom is -0.324 e. The summed E-state index contributed by atoms with van der Waals surface area (Å²) in [5.74, 6) is 0. The number of pyridine rings is 1. The fourth-order valence-corrected chi connectivity index (χ4v) is 3.69. The molecule has 8 nitrogen and oxygen atoms in total. The summed E-state index contributed by atoms with van der Waals surface area (Å²) in [6.07, 6.45) is 3.11. The molecule has 0 aromatic carbocycles. The van der Waals surface area contributed by atoms with E-state index in [-0.39, 0.29) is 5.56 Å². The van der Waals surface area contributed by atoms with Gasteiger partial charge in [0.1, 0.15) is 0 Å². The minimum absolute atomic E-state index is 0.229. The van der Waals surface area contributed by atoms with Crippen LogP contribution in [0.5, 0.6) is 0 Å². The summed E-state index contributed by atoms with van der Waals surface area (Å²) in [5.41, 5.74) is 0.229. The molecule has 0 spiro atoms. The van der Waals surface area contributed by atoms with Crippen LogP contribution in [0.4, 0.5) is 0 Å². The zero-order chi connectivity index (χ0) is 14.0. The van der Waals surface area contributed by atoms with E-state index in [4.69, 9.17) is 19.6 Å². The molecule has 0 aliphatic carbocycles. The molecule has 18 heavy (non-hydrogen) atoms. The van der Waals surface area contributed by atoms with Crippen molar-refractivity contribution in [2.75, 3.05) is 0 Å². The van der Waals surface area contributed by atoms with Crippen LogP contribution < -0.4 is 4.57 Å². The first kappa shape index (κ1) is 15.2. The van der Waals surface area contributed by atoms with Crippen molar-refractivity contribution in [1.82, 2.24) is 0 Å². The maximum absolute atomic E-state index is 11.1. The first-order valence-electron chi connectivity index (χ1n) is 4.69. The molecule has 100 valence electrons. The lowest BCUT2D eigenvalue weighted by Gasteiger charge is -2.16. The minimum atomic E-state index is -4.96. The van der Waals surface area contributed by atoms with Crippen LogP contribution in [0.2, 0.25) is 0 Å². The van der Waals surface area contributed by atoms with Gasteiger partial charge in [-0.3, -0.25) is 13.9 Å². The van der Waals surface area contributed by atoms with Crippen molar-refractivity contribution >= 4 is 21.5 Å². The van der Waals surface area contributed by atoms with Crippen LogP contribution in [0.3, 0.4) is 0 Å². The first-order valence-corrected chi connectivity index (χ1v) is 8.05. The number of carbonyl (C=O) groups is 1. The Hall–Kier alpha value is -0.880. The van der Waals surface area contributed by atoms with Crippen molar-refractivity contribution in [3.05, 3.63) is 30.1 Å². The Balaban J connectivity index is 3.08. The average Bonchev–Trinajstić information content (AvgIpc) is 2.23. The third-order valence-corrected chi connectivity index (χ3v) is 5.85. The van der Waals surface area contributed by atoms with Crippen LogP contribution in [-0.2, 0) is 15.7 Å². The summed E-state index contributed by atoms with van der Waals surface area (Å²) >= 11 is 0. The summed E-state index contributed by atoms with van der Waals surface area (Å²) in [5, 5.41) is -2.13. The van der Waals surface area contributed by atoms with E-state index in [1.54, 1.807) is 0 Å². The number of hydrogen-bond acceptors (Lipinski definition) is 3. The van der Waals surface area contributed by atoms with Crippen LogP contribution in [0, 0.1) is 0 Å². The Morgan fingerprint density at radius 3 is 2.22 bits per heavy atom. The maximum Gasteiger partial charge on any atom is 0.347 e. The molecule has 0 aliphatic heterocycles. The van der Waals surface area contributed by atoms with Gasteiger partial charge in [-0.2, -0.15) is 0 Å². The number of aromatic nitrogens is 1. The molecule has 0 amide bonds. The summed E-state index contributed by atoms with van der Waals surface area (Å²) in [6, 6.07) is 2.88. The molecule has 1 heterocycles. The van der Waals surface area contributed by atoms with Gasteiger partial charge in [-0.05, 0) is 6.07 Å². The molecule has 0 fully saturated rings. The predicted octanol–water partition coefficient (Wildman–Crippen LogP) is -0.532. The lowest BCUT2D eigenvalue weighted by molar-refractivity contribution is -0.694. The normalized spacial score (nSPS) is 12.7. The molecule has 4 N–H and O–H groups in total. The molecule has 0 saturated carbocycles. The van der Waals surface area contributed by atoms with Crippen LogP contribution in [0.15, 0.2) is 24.5 Å². The molecule has 1 aromatic heterocycles. The zero-order valence-electron chi connectivity index (χ0n) is 9.03. The maximum atomic E-state index is 11.1. The number of rotatable bonds is 5. The van der Waals surface area contributed by atoms with E-state index in [0.29, 0.717) is 6.29 Å². The standard InChI is InChI=1S/C8H11NO7P2/c10-6-7-2-1-3-9(4-7)5-8(17(11,12)13)18(14,15)16/h1-4,6,8H,5H2,(H3-,11,12,13,14,15,16)/p+1. The van der Waals surface area contributed by atoms with Gasteiger partial charge in [0.25, 0.3) is 0 Å². The second-order valence-corrected chi connectivity index (χ2v) is 7.62. The molecule has 0 unspecified atom stereocenters. The van der Waals surface area contributed by atoms with Crippen LogP contribution in [0.25, 0.3) is 0 Å². The highest BCUT2D eigenvalue weighted by Crippen LogP contribution is 2.59. The van der Waals surface area contributed by atoms with E-state index >= 15 is 0 Å². The molecule has 10 heteroatoms. The smallest absolute Gasteiger partial charge is 0.324 e. The number of carbonyl (C=O) groups excluding carboxylic acids is 1. The Bertz CT molecular complexity index is 512. The number of hydrogen-bond donors (Lipinski definition) is 4. The molecule has 0 aliphatic rings.